The number of nitrogens with zero attached hydrogens (tertiary/aromatic N) is 1. The molecule has 0 fully saturated rings. The number of likely N-dealkylation sites (N-methyl/N-ethyl adjacent to an activating group) is 1. The molecule has 0 atom stereocenters. The summed E-state index contributed by atoms with van der Waals surface area (Å²) < 4.78 is 0.844. The standard InChI is InChI=1S/C6H8O7.C5H14NO.C2H4O2.CH2O2/c7-3(8)1-6(13,5(11)12)2-4(9)10;1-6(2,3)4-5-7;1-2(3)4;2-1-3/h13H,1-2H2,(H,7,8)(H,9,10)(H,11,12);7H,4-5H2,1-3H3;1H3,(H,3,4);1H,(H,2,3)/q;+1;;/p-1. The van der Waals surface area contributed by atoms with Gasteiger partial charge in [-0.05, 0) is 0 Å². The average molecular weight is 401 g/mol. The molecule has 0 heterocycles. The summed E-state index contributed by atoms with van der Waals surface area (Å²) in [5, 5.41) is 58.2. The number of aliphatic hydroxyl groups is 2. The maximum absolute atomic E-state index is 10.2. The first-order valence-corrected chi connectivity index (χ1v) is 7.05. The first-order valence-electron chi connectivity index (χ1n) is 7.05. The molecule has 0 radical (unpaired) electrons. The third-order valence-corrected chi connectivity index (χ3v) is 2.04. The van der Waals surface area contributed by atoms with E-state index in [0.717, 1.165) is 18.0 Å². The van der Waals surface area contributed by atoms with Crippen molar-refractivity contribution in [2.75, 3.05) is 34.3 Å². The molecule has 13 nitrogen and oxygen atoms in total. The zero-order chi connectivity index (χ0) is 22.8. The van der Waals surface area contributed by atoms with Crippen LogP contribution in [0.25, 0.3) is 0 Å². The van der Waals surface area contributed by atoms with Gasteiger partial charge >= 0.3 is 11.9 Å². The fourth-order valence-electron chi connectivity index (χ4n) is 1.01. The van der Waals surface area contributed by atoms with Crippen LogP contribution in [-0.4, -0.2) is 105 Å². The molecule has 0 bridgehead atoms. The van der Waals surface area contributed by atoms with E-state index in [0.29, 0.717) is 0 Å². The molecule has 0 aliphatic carbocycles. The highest BCUT2D eigenvalue weighted by atomic mass is 16.4. The summed E-state index contributed by atoms with van der Waals surface area (Å²) in [5.41, 5.74) is -2.85. The van der Waals surface area contributed by atoms with Gasteiger partial charge in [0.05, 0.1) is 46.6 Å². The summed E-state index contributed by atoms with van der Waals surface area (Å²) in [4.78, 5) is 47.7. The molecule has 0 aliphatic heterocycles. The summed E-state index contributed by atoms with van der Waals surface area (Å²) in [7, 11) is 6.16. The fourth-order valence-corrected chi connectivity index (χ4v) is 1.01. The van der Waals surface area contributed by atoms with Gasteiger partial charge in [0.2, 0.25) is 0 Å². The Morgan fingerprint density at radius 1 is 1.00 bits per heavy atom. The summed E-state index contributed by atoms with van der Waals surface area (Å²) >= 11 is 0. The molecular formula is C14H27NO12. The van der Waals surface area contributed by atoms with E-state index in [2.05, 4.69) is 21.1 Å². The summed E-state index contributed by atoms with van der Waals surface area (Å²) in [6.07, 6.45) is -2.41. The zero-order valence-corrected chi connectivity index (χ0v) is 15.5. The highest BCUT2D eigenvalue weighted by molar-refractivity contribution is 5.86. The zero-order valence-electron chi connectivity index (χ0n) is 15.5. The molecule has 0 aromatic carbocycles. The monoisotopic (exact) mass is 401 g/mol. The van der Waals surface area contributed by atoms with Crippen LogP contribution in [0.5, 0.6) is 0 Å². The van der Waals surface area contributed by atoms with E-state index in [4.69, 9.17) is 40.2 Å². The predicted octanol–water partition coefficient (Wildman–Crippen LogP) is -3.11. The van der Waals surface area contributed by atoms with Crippen LogP contribution in [0.1, 0.15) is 19.8 Å². The Kier molecular flexibility index (Phi) is 19.7. The molecular weight excluding hydrogens is 374 g/mol. The summed E-state index contributed by atoms with van der Waals surface area (Å²) in [6.45, 7) is 1.95. The van der Waals surface area contributed by atoms with E-state index in [1.807, 2.05) is 0 Å². The van der Waals surface area contributed by atoms with Crippen LogP contribution < -0.4 is 5.11 Å². The molecule has 0 saturated heterocycles. The van der Waals surface area contributed by atoms with Gasteiger partial charge in [0.15, 0.2) is 0 Å². The van der Waals surface area contributed by atoms with Gasteiger partial charge < -0.3 is 45.0 Å². The molecule has 0 spiro atoms. The number of carbonyl (C=O) groups is 5. The van der Waals surface area contributed by atoms with Crippen molar-refractivity contribution >= 4 is 30.3 Å². The van der Waals surface area contributed by atoms with Crippen molar-refractivity contribution < 1.29 is 64.2 Å². The maximum atomic E-state index is 10.2. The summed E-state index contributed by atoms with van der Waals surface area (Å²) in [6, 6.07) is 0. The maximum Gasteiger partial charge on any atom is 0.306 e. The minimum atomic E-state index is -2.85. The highest BCUT2D eigenvalue weighted by Gasteiger charge is 2.34. The molecule has 6 N–H and O–H groups in total. The smallest absolute Gasteiger partial charge is 0.306 e. The molecule has 0 unspecified atom stereocenters. The second-order valence-electron chi connectivity index (χ2n) is 5.82. The average Bonchev–Trinajstić information content (AvgIpc) is 2.35. The van der Waals surface area contributed by atoms with E-state index in [1.54, 1.807) is 0 Å². The Balaban J connectivity index is -0.000000158. The minimum absolute atomic E-state index is 0.250. The van der Waals surface area contributed by atoms with E-state index < -0.39 is 42.3 Å². The second kappa shape index (κ2) is 16.7. The molecule has 27 heavy (non-hydrogen) atoms. The fraction of sp³-hybridized carbons (Fsp3) is 0.643. The number of aliphatic hydroxyl groups excluding tert-OH is 1. The van der Waals surface area contributed by atoms with Crippen molar-refractivity contribution in [1.29, 1.82) is 0 Å². The molecule has 0 aromatic heterocycles. The van der Waals surface area contributed by atoms with E-state index in [9.17, 15) is 19.5 Å². The lowest BCUT2D eigenvalue weighted by Crippen LogP contribution is -2.51. The number of carboxylic acids is 4. The van der Waals surface area contributed by atoms with Crippen molar-refractivity contribution in [3.63, 3.8) is 0 Å². The Morgan fingerprint density at radius 2 is 1.26 bits per heavy atom. The number of hydrogen-bond acceptors (Lipinski definition) is 8. The molecule has 0 aliphatic rings. The van der Waals surface area contributed by atoms with Crippen LogP contribution in [-0.2, 0) is 24.0 Å². The predicted molar refractivity (Wildman–Crippen MR) is 86.5 cm³/mol. The van der Waals surface area contributed by atoms with Gasteiger partial charge in [-0.25, -0.2) is 0 Å². The van der Waals surface area contributed by atoms with Crippen molar-refractivity contribution in [2.45, 2.75) is 25.4 Å². The van der Waals surface area contributed by atoms with Crippen LogP contribution in [0.15, 0.2) is 0 Å². The third kappa shape index (κ3) is 35.3. The van der Waals surface area contributed by atoms with E-state index in [1.165, 1.54) is 0 Å². The number of rotatable bonds is 7. The van der Waals surface area contributed by atoms with E-state index in [-0.39, 0.29) is 13.1 Å². The Bertz CT molecular complexity index is 449. The van der Waals surface area contributed by atoms with Gasteiger partial charge in [-0.2, -0.15) is 0 Å². The van der Waals surface area contributed by atoms with Crippen LogP contribution >= 0.6 is 0 Å². The van der Waals surface area contributed by atoms with E-state index >= 15 is 0 Å². The topological polar surface area (TPSA) is 230 Å². The molecule has 0 rings (SSSR count). The number of carbonyl (C=O) groups excluding carboxylic acids is 1. The van der Waals surface area contributed by atoms with Gasteiger partial charge in [-0.3, -0.25) is 19.2 Å². The molecule has 160 valence electrons. The molecule has 13 heteroatoms. The lowest BCUT2D eigenvalue weighted by atomic mass is 9.96. The number of carboxylic acid groups (broad SMARTS) is 5. The first-order chi connectivity index (χ1) is 12.0. The molecule has 0 amide bonds. The SMILES string of the molecule is CC(=O)O.C[N+](C)(C)CCO.O=C(O)CC(O)(CC(=O)O)C(=O)[O-].O=CO. The molecule has 0 saturated carbocycles. The lowest BCUT2D eigenvalue weighted by molar-refractivity contribution is -0.870. The number of aliphatic carboxylic acids is 4. The largest absolute Gasteiger partial charge is 0.547 e. The number of quaternary nitrogens is 1. The minimum Gasteiger partial charge on any atom is -0.547 e. The Labute approximate surface area is 155 Å². The Hall–Kier alpha value is -2.77. The van der Waals surface area contributed by atoms with Gasteiger partial charge in [-0.15, -0.1) is 0 Å². The van der Waals surface area contributed by atoms with Crippen molar-refractivity contribution in [3.05, 3.63) is 0 Å². The van der Waals surface area contributed by atoms with Crippen molar-refractivity contribution in [1.82, 2.24) is 0 Å². The van der Waals surface area contributed by atoms with Gasteiger partial charge in [0.1, 0.15) is 12.1 Å². The van der Waals surface area contributed by atoms with Crippen LogP contribution in [0.3, 0.4) is 0 Å². The number of hydrogen-bond donors (Lipinski definition) is 6. The van der Waals surface area contributed by atoms with Crippen molar-refractivity contribution in [3.8, 4) is 0 Å². The second-order valence-corrected chi connectivity index (χ2v) is 5.82. The highest BCUT2D eigenvalue weighted by Crippen LogP contribution is 2.14. The Morgan fingerprint density at radius 3 is 1.33 bits per heavy atom. The summed E-state index contributed by atoms with van der Waals surface area (Å²) in [5.74, 6) is -6.18. The first kappa shape index (κ1) is 31.9. The third-order valence-electron chi connectivity index (χ3n) is 2.04. The molecule has 0 aromatic rings. The normalized spacial score (nSPS) is 9.70. The van der Waals surface area contributed by atoms with Crippen LogP contribution in [0, 0.1) is 0 Å². The quantitative estimate of drug-likeness (QED) is 0.184. The van der Waals surface area contributed by atoms with Crippen molar-refractivity contribution in [2.24, 2.45) is 0 Å². The lowest BCUT2D eigenvalue weighted by Gasteiger charge is -2.25. The van der Waals surface area contributed by atoms with Gasteiger partial charge in [0, 0.05) is 6.92 Å². The van der Waals surface area contributed by atoms with Crippen LogP contribution in [0.2, 0.25) is 0 Å². The van der Waals surface area contributed by atoms with Crippen LogP contribution in [0.4, 0.5) is 0 Å². The van der Waals surface area contributed by atoms with Gasteiger partial charge in [-0.1, -0.05) is 0 Å². The van der Waals surface area contributed by atoms with Gasteiger partial charge in [0.25, 0.3) is 12.4 Å².